The minimum Gasteiger partial charge on any atom is -0.368 e. The Balaban J connectivity index is 1.61. The zero-order valence-electron chi connectivity index (χ0n) is 12.5. The zero-order chi connectivity index (χ0) is 15.6. The molecule has 2 aromatic carbocycles. The van der Waals surface area contributed by atoms with Crippen molar-refractivity contribution in [1.82, 2.24) is 4.98 Å². The van der Waals surface area contributed by atoms with Gasteiger partial charge >= 0.3 is 0 Å². The largest absolute Gasteiger partial charge is 0.368 e. The number of fused-ring (bicyclic) bond motifs is 1. The number of hydrogen-bond donors (Lipinski definition) is 1. The maximum atomic E-state index is 12.1. The van der Waals surface area contributed by atoms with Gasteiger partial charge in [0.1, 0.15) is 6.10 Å². The van der Waals surface area contributed by atoms with Crippen LogP contribution in [0.5, 0.6) is 0 Å². The van der Waals surface area contributed by atoms with E-state index in [1.807, 2.05) is 23.6 Å². The fourth-order valence-corrected chi connectivity index (χ4v) is 3.59. The fraction of sp³-hybridized carbons (Fsp3) is 0.222. The van der Waals surface area contributed by atoms with Crippen LogP contribution in [0.2, 0.25) is 0 Å². The highest BCUT2D eigenvalue weighted by Gasteiger charge is 2.24. The first-order valence-corrected chi connectivity index (χ1v) is 8.55. The summed E-state index contributed by atoms with van der Waals surface area (Å²) >= 11 is 1.44. The van der Waals surface area contributed by atoms with Crippen LogP contribution in [-0.4, -0.2) is 23.6 Å². The predicted octanol–water partition coefficient (Wildman–Crippen LogP) is 4.08. The van der Waals surface area contributed by atoms with Gasteiger partial charge < -0.3 is 4.74 Å². The molecule has 0 radical (unpaired) electrons. The summed E-state index contributed by atoms with van der Waals surface area (Å²) in [5.41, 5.74) is 1.96. The number of thiazole rings is 1. The molecular formula is C18H16N2O2S. The van der Waals surface area contributed by atoms with Crippen LogP contribution in [0.1, 0.15) is 12.8 Å². The molecule has 2 heterocycles. The van der Waals surface area contributed by atoms with E-state index in [-0.39, 0.29) is 12.0 Å². The Kier molecular flexibility index (Phi) is 3.81. The number of ether oxygens (including phenoxy) is 1. The van der Waals surface area contributed by atoms with Crippen molar-refractivity contribution in [3.8, 4) is 11.3 Å². The van der Waals surface area contributed by atoms with Crippen molar-refractivity contribution in [3.05, 3.63) is 47.8 Å². The Hall–Kier alpha value is -2.24. The van der Waals surface area contributed by atoms with Gasteiger partial charge in [-0.1, -0.05) is 42.5 Å². The Morgan fingerprint density at radius 2 is 2.09 bits per heavy atom. The lowest BCUT2D eigenvalue weighted by atomic mass is 10.0. The van der Waals surface area contributed by atoms with Gasteiger partial charge in [0.05, 0.1) is 5.69 Å². The number of aromatic nitrogens is 1. The summed E-state index contributed by atoms with van der Waals surface area (Å²) < 4.78 is 5.40. The standard InChI is InChI=1S/C18H16N2O2S/c21-17(16-9-4-10-22-16)20-18-19-15(11-23-18)14-8-3-6-12-5-1-2-7-13(12)14/h1-3,5-8,11,16H,4,9-10H2,(H,19,20,21)/t16-/m1/s1. The third-order valence-corrected chi connectivity index (χ3v) is 4.78. The first-order chi connectivity index (χ1) is 11.3. The molecule has 0 aliphatic carbocycles. The number of rotatable bonds is 3. The van der Waals surface area contributed by atoms with Crippen LogP contribution in [0.15, 0.2) is 47.8 Å². The third-order valence-electron chi connectivity index (χ3n) is 4.02. The monoisotopic (exact) mass is 324 g/mol. The average molecular weight is 324 g/mol. The van der Waals surface area contributed by atoms with E-state index in [1.54, 1.807) is 0 Å². The van der Waals surface area contributed by atoms with Crippen molar-refractivity contribution in [2.75, 3.05) is 11.9 Å². The van der Waals surface area contributed by atoms with Crippen LogP contribution < -0.4 is 5.32 Å². The molecule has 0 spiro atoms. The minimum absolute atomic E-state index is 0.0960. The van der Waals surface area contributed by atoms with Gasteiger partial charge in [0.2, 0.25) is 0 Å². The van der Waals surface area contributed by atoms with Crippen molar-refractivity contribution < 1.29 is 9.53 Å². The SMILES string of the molecule is O=C(Nc1nc(-c2cccc3ccccc23)cs1)[C@H]1CCCO1. The highest BCUT2D eigenvalue weighted by molar-refractivity contribution is 7.14. The van der Waals surface area contributed by atoms with Crippen LogP contribution in [0.4, 0.5) is 5.13 Å². The number of anilines is 1. The van der Waals surface area contributed by atoms with Crippen molar-refractivity contribution in [3.63, 3.8) is 0 Å². The molecule has 5 heteroatoms. The lowest BCUT2D eigenvalue weighted by Crippen LogP contribution is -2.26. The predicted molar refractivity (Wildman–Crippen MR) is 92.7 cm³/mol. The van der Waals surface area contributed by atoms with Crippen molar-refractivity contribution in [1.29, 1.82) is 0 Å². The third kappa shape index (κ3) is 2.85. The Morgan fingerprint density at radius 3 is 2.96 bits per heavy atom. The summed E-state index contributed by atoms with van der Waals surface area (Å²) in [6, 6.07) is 14.4. The summed E-state index contributed by atoms with van der Waals surface area (Å²) in [6.45, 7) is 0.664. The average Bonchev–Trinajstić information content (AvgIpc) is 3.26. The van der Waals surface area contributed by atoms with E-state index in [9.17, 15) is 4.79 Å². The summed E-state index contributed by atoms with van der Waals surface area (Å²) in [6.07, 6.45) is 1.39. The quantitative estimate of drug-likeness (QED) is 0.790. The van der Waals surface area contributed by atoms with Gasteiger partial charge in [0.25, 0.3) is 5.91 Å². The van der Waals surface area contributed by atoms with Crippen LogP contribution in [0, 0.1) is 0 Å². The van der Waals surface area contributed by atoms with Crippen molar-refractivity contribution >= 4 is 33.1 Å². The van der Waals surface area contributed by atoms with Gasteiger partial charge in [-0.15, -0.1) is 11.3 Å². The molecule has 1 saturated heterocycles. The maximum Gasteiger partial charge on any atom is 0.255 e. The molecule has 0 saturated carbocycles. The molecule has 1 atom stereocenters. The number of benzene rings is 2. The van der Waals surface area contributed by atoms with Gasteiger partial charge in [-0.2, -0.15) is 0 Å². The number of nitrogens with one attached hydrogen (secondary N) is 1. The van der Waals surface area contributed by atoms with Crippen molar-refractivity contribution in [2.24, 2.45) is 0 Å². The molecule has 0 bridgehead atoms. The number of hydrogen-bond acceptors (Lipinski definition) is 4. The zero-order valence-corrected chi connectivity index (χ0v) is 13.3. The maximum absolute atomic E-state index is 12.1. The second-order valence-corrected chi connectivity index (χ2v) is 6.41. The second kappa shape index (κ2) is 6.10. The van der Waals surface area contributed by atoms with Gasteiger partial charge in [-0.25, -0.2) is 4.98 Å². The lowest BCUT2D eigenvalue weighted by molar-refractivity contribution is -0.124. The lowest BCUT2D eigenvalue weighted by Gasteiger charge is -2.07. The van der Waals surface area contributed by atoms with E-state index in [0.29, 0.717) is 11.7 Å². The summed E-state index contributed by atoms with van der Waals surface area (Å²) in [7, 11) is 0. The molecule has 0 unspecified atom stereocenters. The molecule has 3 aromatic rings. The minimum atomic E-state index is -0.333. The number of nitrogens with zero attached hydrogens (tertiary/aromatic N) is 1. The molecule has 1 fully saturated rings. The van der Waals surface area contributed by atoms with Crippen molar-refractivity contribution in [2.45, 2.75) is 18.9 Å². The first-order valence-electron chi connectivity index (χ1n) is 7.67. The van der Waals surface area contributed by atoms with Gasteiger partial charge in [-0.3, -0.25) is 10.1 Å². The second-order valence-electron chi connectivity index (χ2n) is 5.56. The van der Waals surface area contributed by atoms with Crippen LogP contribution >= 0.6 is 11.3 Å². The highest BCUT2D eigenvalue weighted by atomic mass is 32.1. The van der Waals surface area contributed by atoms with E-state index < -0.39 is 0 Å². The first kappa shape index (κ1) is 14.4. The fourth-order valence-electron chi connectivity index (χ4n) is 2.87. The normalized spacial score (nSPS) is 17.5. The summed E-state index contributed by atoms with van der Waals surface area (Å²) in [4.78, 5) is 16.7. The number of carbonyl (C=O) groups is 1. The Bertz CT molecular complexity index is 848. The van der Waals surface area contributed by atoms with E-state index in [0.717, 1.165) is 29.5 Å². The molecule has 1 amide bonds. The molecule has 1 aromatic heterocycles. The van der Waals surface area contributed by atoms with Gasteiger partial charge in [-0.05, 0) is 23.6 Å². The summed E-state index contributed by atoms with van der Waals surface area (Å²) in [5, 5.41) is 7.81. The topological polar surface area (TPSA) is 51.2 Å². The molecular weight excluding hydrogens is 308 g/mol. The smallest absolute Gasteiger partial charge is 0.255 e. The summed E-state index contributed by atoms with van der Waals surface area (Å²) in [5.74, 6) is -0.0960. The van der Waals surface area contributed by atoms with E-state index >= 15 is 0 Å². The molecule has 23 heavy (non-hydrogen) atoms. The van der Waals surface area contributed by atoms with Crippen LogP contribution in [0.25, 0.3) is 22.0 Å². The van der Waals surface area contributed by atoms with E-state index in [4.69, 9.17) is 4.74 Å². The molecule has 4 nitrogen and oxygen atoms in total. The van der Waals surface area contributed by atoms with Gasteiger partial charge in [0.15, 0.2) is 5.13 Å². The Morgan fingerprint density at radius 1 is 1.22 bits per heavy atom. The molecule has 1 N–H and O–H groups in total. The number of amides is 1. The molecule has 4 rings (SSSR count). The molecule has 1 aliphatic rings. The molecule has 116 valence electrons. The van der Waals surface area contributed by atoms with Crippen LogP contribution in [-0.2, 0) is 9.53 Å². The van der Waals surface area contributed by atoms with E-state index in [1.165, 1.54) is 16.7 Å². The van der Waals surface area contributed by atoms with Gasteiger partial charge in [0, 0.05) is 17.6 Å². The molecule has 1 aliphatic heterocycles. The number of carbonyl (C=O) groups excluding carboxylic acids is 1. The highest BCUT2D eigenvalue weighted by Crippen LogP contribution is 2.31. The Labute approximate surface area is 138 Å². The van der Waals surface area contributed by atoms with E-state index in [2.05, 4.69) is 34.6 Å². The van der Waals surface area contributed by atoms with Crippen LogP contribution in [0.3, 0.4) is 0 Å².